The highest BCUT2D eigenvalue weighted by atomic mass is 16.5. The van der Waals surface area contributed by atoms with Gasteiger partial charge in [-0.15, -0.1) is 0 Å². The predicted octanol–water partition coefficient (Wildman–Crippen LogP) is 3.12. The summed E-state index contributed by atoms with van der Waals surface area (Å²) in [7, 11) is 0. The van der Waals surface area contributed by atoms with Crippen LogP contribution >= 0.6 is 0 Å². The lowest BCUT2D eigenvalue weighted by Crippen LogP contribution is -2.43. The van der Waals surface area contributed by atoms with Crippen molar-refractivity contribution in [3.8, 4) is 5.75 Å². The number of para-hydroxylation sites is 1. The molecule has 0 aliphatic rings. The molecule has 0 heterocycles. The van der Waals surface area contributed by atoms with Gasteiger partial charge in [-0.2, -0.15) is 0 Å². The molecule has 0 aliphatic heterocycles. The van der Waals surface area contributed by atoms with E-state index in [4.69, 9.17) is 9.47 Å². The minimum absolute atomic E-state index is 0.257. The van der Waals surface area contributed by atoms with Crippen LogP contribution in [-0.2, 0) is 9.53 Å². The second-order valence-electron chi connectivity index (χ2n) is 5.26. The first-order valence-corrected chi connectivity index (χ1v) is 7.71. The van der Waals surface area contributed by atoms with Crippen LogP contribution in [0.3, 0.4) is 0 Å². The van der Waals surface area contributed by atoms with Crippen molar-refractivity contribution in [2.75, 3.05) is 19.8 Å². The van der Waals surface area contributed by atoms with Crippen molar-refractivity contribution in [3.05, 3.63) is 29.8 Å². The summed E-state index contributed by atoms with van der Waals surface area (Å²) in [5.74, 6) is 0.957. The molecule has 0 spiro atoms. The summed E-state index contributed by atoms with van der Waals surface area (Å²) in [6.45, 7) is 9.54. The lowest BCUT2D eigenvalue weighted by molar-refractivity contribution is -0.146. The number of benzene rings is 1. The number of hydrogen-bond acceptors (Lipinski definition) is 4. The van der Waals surface area contributed by atoms with Gasteiger partial charge in [0.25, 0.3) is 0 Å². The van der Waals surface area contributed by atoms with E-state index in [9.17, 15) is 4.79 Å². The van der Waals surface area contributed by atoms with Crippen molar-refractivity contribution >= 4 is 5.97 Å². The molecule has 0 bridgehead atoms. The van der Waals surface area contributed by atoms with Crippen molar-refractivity contribution in [2.24, 2.45) is 0 Å². The highest BCUT2D eigenvalue weighted by molar-refractivity contribution is 5.76. The molecular weight excluding hydrogens is 266 g/mol. The maximum atomic E-state index is 11.9. The van der Waals surface area contributed by atoms with Gasteiger partial charge in [-0.1, -0.05) is 39.0 Å². The van der Waals surface area contributed by atoms with Crippen molar-refractivity contribution in [1.29, 1.82) is 0 Å². The van der Waals surface area contributed by atoms with Crippen LogP contribution in [-0.4, -0.2) is 31.8 Å². The summed E-state index contributed by atoms with van der Waals surface area (Å²) >= 11 is 0. The van der Waals surface area contributed by atoms with Gasteiger partial charge in [0.05, 0.1) is 6.61 Å². The Morgan fingerprint density at radius 3 is 2.57 bits per heavy atom. The Labute approximate surface area is 127 Å². The third-order valence-electron chi connectivity index (χ3n) is 3.16. The largest absolute Gasteiger partial charge is 0.491 e. The smallest absolute Gasteiger partial charge is 0.326 e. The summed E-state index contributed by atoms with van der Waals surface area (Å²) in [5.41, 5.74) is 1.15. The summed E-state index contributed by atoms with van der Waals surface area (Å²) in [6.07, 6.45) is 0.957. The van der Waals surface area contributed by atoms with Gasteiger partial charge in [-0.25, -0.2) is 0 Å². The van der Waals surface area contributed by atoms with Crippen LogP contribution in [0.2, 0.25) is 0 Å². The Morgan fingerprint density at radius 2 is 1.95 bits per heavy atom. The van der Waals surface area contributed by atoms with Crippen LogP contribution < -0.4 is 10.1 Å². The first kappa shape index (κ1) is 17.5. The minimum Gasteiger partial charge on any atom is -0.491 e. The molecule has 0 amide bonds. The standard InChI is InChI=1S/C17H27NO3/c1-5-11-18-15(17(19)20-6-2)12-21-16-10-8-7-9-14(16)13(3)4/h7-10,13,15,18H,5-6,11-12H2,1-4H3. The van der Waals surface area contributed by atoms with Gasteiger partial charge >= 0.3 is 5.97 Å². The number of carbonyl (C=O) groups excluding carboxylic acids is 1. The quantitative estimate of drug-likeness (QED) is 0.711. The molecule has 21 heavy (non-hydrogen) atoms. The molecule has 1 aromatic rings. The van der Waals surface area contributed by atoms with Crippen LogP contribution in [0.5, 0.6) is 5.75 Å². The molecule has 0 saturated heterocycles. The zero-order chi connectivity index (χ0) is 15.7. The number of ether oxygens (including phenoxy) is 2. The van der Waals surface area contributed by atoms with E-state index in [1.165, 1.54) is 0 Å². The molecule has 1 aromatic carbocycles. The number of esters is 1. The highest BCUT2D eigenvalue weighted by Gasteiger charge is 2.20. The zero-order valence-corrected chi connectivity index (χ0v) is 13.5. The number of carbonyl (C=O) groups is 1. The van der Waals surface area contributed by atoms with E-state index >= 15 is 0 Å². The Kier molecular flexibility index (Phi) is 7.83. The molecule has 4 heteroatoms. The third kappa shape index (κ3) is 5.76. The van der Waals surface area contributed by atoms with Crippen LogP contribution in [0.4, 0.5) is 0 Å². The second kappa shape index (κ2) is 9.40. The molecule has 4 nitrogen and oxygen atoms in total. The fourth-order valence-electron chi connectivity index (χ4n) is 2.03. The van der Waals surface area contributed by atoms with Crippen LogP contribution in [0.1, 0.15) is 45.6 Å². The molecule has 1 atom stereocenters. The topological polar surface area (TPSA) is 47.6 Å². The second-order valence-corrected chi connectivity index (χ2v) is 5.26. The SMILES string of the molecule is CCCNC(COc1ccccc1C(C)C)C(=O)OCC. The summed E-state index contributed by atoms with van der Waals surface area (Å²) < 4.78 is 10.9. The number of nitrogens with one attached hydrogen (secondary N) is 1. The van der Waals surface area contributed by atoms with E-state index in [1.807, 2.05) is 25.1 Å². The molecule has 1 N–H and O–H groups in total. The Morgan fingerprint density at radius 1 is 1.24 bits per heavy atom. The fourth-order valence-corrected chi connectivity index (χ4v) is 2.03. The van der Waals surface area contributed by atoms with E-state index in [0.29, 0.717) is 12.5 Å². The fraction of sp³-hybridized carbons (Fsp3) is 0.588. The summed E-state index contributed by atoms with van der Waals surface area (Å²) in [5, 5.41) is 3.17. The van der Waals surface area contributed by atoms with Crippen LogP contribution in [0, 0.1) is 0 Å². The normalized spacial score (nSPS) is 12.2. The van der Waals surface area contributed by atoms with Gasteiger partial charge in [-0.05, 0) is 37.4 Å². The van der Waals surface area contributed by atoms with Gasteiger partial charge < -0.3 is 14.8 Å². The molecule has 0 aliphatic carbocycles. The number of hydrogen-bond donors (Lipinski definition) is 1. The van der Waals surface area contributed by atoms with Gasteiger partial charge in [-0.3, -0.25) is 4.79 Å². The molecule has 0 fully saturated rings. The lowest BCUT2D eigenvalue weighted by atomic mass is 10.0. The monoisotopic (exact) mass is 293 g/mol. The van der Waals surface area contributed by atoms with E-state index in [0.717, 1.165) is 24.3 Å². The Bertz CT molecular complexity index is 432. The summed E-state index contributed by atoms with van der Waals surface area (Å²) in [6, 6.07) is 7.52. The van der Waals surface area contributed by atoms with Gasteiger partial charge in [0, 0.05) is 0 Å². The average molecular weight is 293 g/mol. The molecule has 118 valence electrons. The van der Waals surface area contributed by atoms with Crippen LogP contribution in [0.15, 0.2) is 24.3 Å². The average Bonchev–Trinajstić information content (AvgIpc) is 2.47. The summed E-state index contributed by atoms with van der Waals surface area (Å²) in [4.78, 5) is 11.9. The minimum atomic E-state index is -0.426. The lowest BCUT2D eigenvalue weighted by Gasteiger charge is -2.19. The van der Waals surface area contributed by atoms with Gasteiger partial charge in [0.1, 0.15) is 18.4 Å². The van der Waals surface area contributed by atoms with Crippen molar-refractivity contribution < 1.29 is 14.3 Å². The van der Waals surface area contributed by atoms with E-state index in [2.05, 4.69) is 32.2 Å². The predicted molar refractivity (Wildman–Crippen MR) is 84.7 cm³/mol. The highest BCUT2D eigenvalue weighted by Crippen LogP contribution is 2.25. The number of rotatable bonds is 9. The van der Waals surface area contributed by atoms with Gasteiger partial charge in [0.15, 0.2) is 0 Å². The molecule has 1 unspecified atom stereocenters. The Balaban J connectivity index is 2.69. The molecule has 0 radical (unpaired) electrons. The van der Waals surface area contributed by atoms with Gasteiger partial charge in [0.2, 0.25) is 0 Å². The molecule has 1 rings (SSSR count). The third-order valence-corrected chi connectivity index (χ3v) is 3.16. The zero-order valence-electron chi connectivity index (χ0n) is 13.5. The van der Waals surface area contributed by atoms with Crippen molar-refractivity contribution in [1.82, 2.24) is 5.32 Å². The van der Waals surface area contributed by atoms with E-state index in [-0.39, 0.29) is 12.6 Å². The Hall–Kier alpha value is -1.55. The molecule has 0 aromatic heterocycles. The van der Waals surface area contributed by atoms with Crippen LogP contribution in [0.25, 0.3) is 0 Å². The maximum Gasteiger partial charge on any atom is 0.326 e. The van der Waals surface area contributed by atoms with E-state index in [1.54, 1.807) is 0 Å². The first-order valence-electron chi connectivity index (χ1n) is 7.71. The van der Waals surface area contributed by atoms with E-state index < -0.39 is 6.04 Å². The maximum absolute atomic E-state index is 11.9. The first-order chi connectivity index (χ1) is 10.1. The van der Waals surface area contributed by atoms with Crippen molar-refractivity contribution in [2.45, 2.75) is 46.1 Å². The van der Waals surface area contributed by atoms with Crippen molar-refractivity contribution in [3.63, 3.8) is 0 Å². The molecule has 0 saturated carbocycles. The molecular formula is C17H27NO3.